The van der Waals surface area contributed by atoms with Crippen molar-refractivity contribution in [3.05, 3.63) is 30.1 Å². The molecule has 0 aliphatic heterocycles. The fourth-order valence-corrected chi connectivity index (χ4v) is 2.39. The summed E-state index contributed by atoms with van der Waals surface area (Å²) in [5.41, 5.74) is 1.85. The molecule has 0 bridgehead atoms. The summed E-state index contributed by atoms with van der Waals surface area (Å²) in [6.45, 7) is 2.18. The summed E-state index contributed by atoms with van der Waals surface area (Å²) in [6, 6.07) is 4.16. The minimum atomic E-state index is 0.519. The monoisotopic (exact) mass is 222 g/mol. The van der Waals surface area contributed by atoms with Gasteiger partial charge in [-0.25, -0.2) is 0 Å². The lowest BCUT2D eigenvalue weighted by atomic mass is 10.1. The van der Waals surface area contributed by atoms with E-state index in [9.17, 15) is 0 Å². The van der Waals surface area contributed by atoms with E-state index >= 15 is 0 Å². The van der Waals surface area contributed by atoms with E-state index in [2.05, 4.69) is 41.7 Å². The first-order valence-corrected chi connectivity index (χ1v) is 6.06. The van der Waals surface area contributed by atoms with Gasteiger partial charge in [0.25, 0.3) is 0 Å². The Morgan fingerprint density at radius 1 is 1.40 bits per heavy atom. The SMILES string of the molecule is CN(Cc1ccncc1)CC1(CS)CC1. The van der Waals surface area contributed by atoms with Gasteiger partial charge in [-0.05, 0) is 48.8 Å². The van der Waals surface area contributed by atoms with E-state index in [-0.39, 0.29) is 0 Å². The fraction of sp³-hybridized carbons (Fsp3) is 0.583. The lowest BCUT2D eigenvalue weighted by Crippen LogP contribution is -2.27. The molecule has 1 saturated carbocycles. The number of aromatic nitrogens is 1. The molecule has 0 N–H and O–H groups in total. The lowest BCUT2D eigenvalue weighted by Gasteiger charge is -2.22. The Kier molecular flexibility index (Phi) is 3.32. The predicted octanol–water partition coefficient (Wildman–Crippen LogP) is 2.22. The highest BCUT2D eigenvalue weighted by Crippen LogP contribution is 2.46. The van der Waals surface area contributed by atoms with E-state index in [4.69, 9.17) is 0 Å². The molecule has 1 aliphatic carbocycles. The predicted molar refractivity (Wildman–Crippen MR) is 66.1 cm³/mol. The first-order chi connectivity index (χ1) is 7.24. The average Bonchev–Trinajstić information content (AvgIpc) is 3.00. The van der Waals surface area contributed by atoms with Gasteiger partial charge in [-0.15, -0.1) is 0 Å². The minimum Gasteiger partial charge on any atom is -0.302 e. The highest BCUT2D eigenvalue weighted by atomic mass is 32.1. The van der Waals surface area contributed by atoms with Crippen LogP contribution in [0, 0.1) is 5.41 Å². The molecule has 82 valence electrons. The van der Waals surface area contributed by atoms with Crippen LogP contribution in [0.2, 0.25) is 0 Å². The Morgan fingerprint density at radius 2 is 2.07 bits per heavy atom. The Morgan fingerprint density at radius 3 is 2.60 bits per heavy atom. The third kappa shape index (κ3) is 2.95. The minimum absolute atomic E-state index is 0.519. The zero-order valence-electron chi connectivity index (χ0n) is 9.19. The van der Waals surface area contributed by atoms with Crippen molar-refractivity contribution in [2.75, 3.05) is 19.3 Å². The molecule has 1 heterocycles. The molecule has 15 heavy (non-hydrogen) atoms. The quantitative estimate of drug-likeness (QED) is 0.769. The van der Waals surface area contributed by atoms with Gasteiger partial charge in [-0.3, -0.25) is 4.98 Å². The maximum atomic E-state index is 4.43. The Balaban J connectivity index is 1.85. The molecule has 0 saturated heterocycles. The highest BCUT2D eigenvalue weighted by molar-refractivity contribution is 7.80. The second-order valence-electron chi connectivity index (χ2n) is 4.69. The molecule has 1 aromatic heterocycles. The summed E-state index contributed by atoms with van der Waals surface area (Å²) in [7, 11) is 2.18. The van der Waals surface area contributed by atoms with Gasteiger partial charge in [0.15, 0.2) is 0 Å². The number of thiol groups is 1. The van der Waals surface area contributed by atoms with E-state index in [0.717, 1.165) is 12.3 Å². The summed E-state index contributed by atoms with van der Waals surface area (Å²) in [6.07, 6.45) is 6.40. The van der Waals surface area contributed by atoms with Crippen molar-refractivity contribution < 1.29 is 0 Å². The molecule has 2 rings (SSSR count). The lowest BCUT2D eigenvalue weighted by molar-refractivity contribution is 0.270. The number of hydrogen-bond acceptors (Lipinski definition) is 3. The number of hydrogen-bond donors (Lipinski definition) is 1. The first kappa shape index (κ1) is 11.0. The van der Waals surface area contributed by atoms with Crippen LogP contribution in [0.5, 0.6) is 0 Å². The molecule has 1 aliphatic rings. The van der Waals surface area contributed by atoms with Gasteiger partial charge in [0.05, 0.1) is 0 Å². The maximum absolute atomic E-state index is 4.43. The molecule has 0 atom stereocenters. The molecular weight excluding hydrogens is 204 g/mol. The third-order valence-corrected chi connectivity index (χ3v) is 3.77. The Labute approximate surface area is 97.1 Å². The van der Waals surface area contributed by atoms with Crippen molar-refractivity contribution in [3.8, 4) is 0 Å². The molecule has 0 unspecified atom stereocenters. The highest BCUT2D eigenvalue weighted by Gasteiger charge is 2.41. The summed E-state index contributed by atoms with van der Waals surface area (Å²) < 4.78 is 0. The summed E-state index contributed by atoms with van der Waals surface area (Å²) >= 11 is 4.43. The van der Waals surface area contributed by atoms with E-state index in [1.165, 1.54) is 24.9 Å². The van der Waals surface area contributed by atoms with Crippen molar-refractivity contribution in [2.24, 2.45) is 5.41 Å². The van der Waals surface area contributed by atoms with Gasteiger partial charge >= 0.3 is 0 Å². The Hall–Kier alpha value is -0.540. The number of pyridine rings is 1. The van der Waals surface area contributed by atoms with E-state index in [0.29, 0.717) is 5.41 Å². The van der Waals surface area contributed by atoms with E-state index in [1.54, 1.807) is 0 Å². The van der Waals surface area contributed by atoms with Crippen molar-refractivity contribution in [1.29, 1.82) is 0 Å². The third-order valence-electron chi connectivity index (χ3n) is 3.10. The van der Waals surface area contributed by atoms with E-state index < -0.39 is 0 Å². The van der Waals surface area contributed by atoms with Gasteiger partial charge in [-0.1, -0.05) is 0 Å². The Bertz CT molecular complexity index is 309. The van der Waals surface area contributed by atoms with Crippen LogP contribution in [-0.2, 0) is 6.54 Å². The van der Waals surface area contributed by atoms with Crippen LogP contribution < -0.4 is 0 Å². The maximum Gasteiger partial charge on any atom is 0.0271 e. The van der Waals surface area contributed by atoms with Crippen molar-refractivity contribution in [3.63, 3.8) is 0 Å². The van der Waals surface area contributed by atoms with Crippen LogP contribution >= 0.6 is 12.6 Å². The smallest absolute Gasteiger partial charge is 0.0271 e. The van der Waals surface area contributed by atoms with Crippen molar-refractivity contribution in [2.45, 2.75) is 19.4 Å². The van der Waals surface area contributed by atoms with Crippen LogP contribution in [0.1, 0.15) is 18.4 Å². The standard InChI is InChI=1S/C12H18N2S/c1-14(9-12(10-15)4-5-12)8-11-2-6-13-7-3-11/h2-3,6-7,15H,4-5,8-10H2,1H3. The molecule has 0 spiro atoms. The molecule has 2 nitrogen and oxygen atoms in total. The van der Waals surface area contributed by atoms with Gasteiger partial charge in [0.2, 0.25) is 0 Å². The summed E-state index contributed by atoms with van der Waals surface area (Å²) in [5, 5.41) is 0. The van der Waals surface area contributed by atoms with Crippen LogP contribution in [0.3, 0.4) is 0 Å². The van der Waals surface area contributed by atoms with Gasteiger partial charge < -0.3 is 4.90 Å². The number of rotatable bonds is 5. The van der Waals surface area contributed by atoms with Gasteiger partial charge in [0, 0.05) is 25.5 Å². The largest absolute Gasteiger partial charge is 0.302 e. The molecule has 3 heteroatoms. The molecule has 0 radical (unpaired) electrons. The molecule has 0 amide bonds. The topological polar surface area (TPSA) is 16.1 Å². The summed E-state index contributed by atoms with van der Waals surface area (Å²) in [5.74, 6) is 1.02. The van der Waals surface area contributed by atoms with Gasteiger partial charge in [0.1, 0.15) is 0 Å². The summed E-state index contributed by atoms with van der Waals surface area (Å²) in [4.78, 5) is 6.41. The molecule has 1 aromatic rings. The number of nitrogens with zero attached hydrogens (tertiary/aromatic N) is 2. The zero-order chi connectivity index (χ0) is 10.7. The average molecular weight is 222 g/mol. The van der Waals surface area contributed by atoms with Crippen LogP contribution in [0.4, 0.5) is 0 Å². The zero-order valence-corrected chi connectivity index (χ0v) is 10.1. The van der Waals surface area contributed by atoms with Crippen LogP contribution in [0.25, 0.3) is 0 Å². The van der Waals surface area contributed by atoms with Gasteiger partial charge in [-0.2, -0.15) is 12.6 Å². The normalized spacial score (nSPS) is 18.1. The van der Waals surface area contributed by atoms with Crippen LogP contribution in [0.15, 0.2) is 24.5 Å². The van der Waals surface area contributed by atoms with Crippen molar-refractivity contribution >= 4 is 12.6 Å². The van der Waals surface area contributed by atoms with Crippen LogP contribution in [-0.4, -0.2) is 29.2 Å². The molecule has 0 aromatic carbocycles. The van der Waals surface area contributed by atoms with E-state index in [1.807, 2.05) is 12.4 Å². The first-order valence-electron chi connectivity index (χ1n) is 5.42. The molecular formula is C12H18N2S. The second-order valence-corrected chi connectivity index (χ2v) is 5.00. The molecule has 1 fully saturated rings. The van der Waals surface area contributed by atoms with Crippen molar-refractivity contribution in [1.82, 2.24) is 9.88 Å². The second kappa shape index (κ2) is 4.54. The fourth-order valence-electron chi connectivity index (χ4n) is 1.97.